The molecule has 1 aromatic rings. The van der Waals surface area contributed by atoms with Crippen molar-refractivity contribution in [2.75, 3.05) is 46.9 Å². The number of carbonyl (C=O) groups excluding carboxylic acids is 1. The molecule has 0 radical (unpaired) electrons. The molecule has 1 aliphatic heterocycles. The van der Waals surface area contributed by atoms with E-state index in [9.17, 15) is 4.79 Å². The number of rotatable bonds is 8. The fraction of sp³-hybridized carbons (Fsp3) is 0.588. The van der Waals surface area contributed by atoms with E-state index in [0.29, 0.717) is 13.0 Å². The average Bonchev–Trinajstić information content (AvgIpc) is 3.06. The van der Waals surface area contributed by atoms with Crippen molar-refractivity contribution in [1.82, 2.24) is 9.80 Å². The third kappa shape index (κ3) is 5.22. The van der Waals surface area contributed by atoms with Crippen LogP contribution in [-0.4, -0.2) is 62.7 Å². The molecule has 0 bridgehead atoms. The Morgan fingerprint density at radius 2 is 2.00 bits per heavy atom. The highest BCUT2D eigenvalue weighted by atomic mass is 16.5. The van der Waals surface area contributed by atoms with E-state index in [2.05, 4.69) is 4.90 Å². The summed E-state index contributed by atoms with van der Waals surface area (Å²) in [6.07, 6.45) is 2.96. The molecule has 0 aromatic heterocycles. The highest BCUT2D eigenvalue weighted by Gasteiger charge is 2.14. The van der Waals surface area contributed by atoms with Crippen LogP contribution in [-0.2, 0) is 4.79 Å². The zero-order valence-electron chi connectivity index (χ0n) is 13.6. The lowest BCUT2D eigenvalue weighted by molar-refractivity contribution is -0.130. The maximum absolute atomic E-state index is 12.1. The smallest absolute Gasteiger partial charge is 0.225 e. The summed E-state index contributed by atoms with van der Waals surface area (Å²) in [5.41, 5.74) is 0. The van der Waals surface area contributed by atoms with Crippen LogP contribution in [0.1, 0.15) is 19.3 Å². The number of likely N-dealkylation sites (tertiary alicyclic amines) is 1. The van der Waals surface area contributed by atoms with Crippen molar-refractivity contribution in [3.05, 3.63) is 24.3 Å². The Morgan fingerprint density at radius 3 is 2.73 bits per heavy atom. The summed E-state index contributed by atoms with van der Waals surface area (Å²) in [6, 6.07) is 7.42. The highest BCUT2D eigenvalue weighted by Crippen LogP contribution is 2.18. The van der Waals surface area contributed by atoms with Gasteiger partial charge in [0.15, 0.2) is 0 Å². The molecular formula is C17H26N2O3. The monoisotopic (exact) mass is 306 g/mol. The maximum Gasteiger partial charge on any atom is 0.225 e. The van der Waals surface area contributed by atoms with Crippen molar-refractivity contribution >= 4 is 5.91 Å². The Bertz CT molecular complexity index is 473. The number of hydrogen-bond donors (Lipinski definition) is 0. The zero-order chi connectivity index (χ0) is 15.8. The van der Waals surface area contributed by atoms with Gasteiger partial charge in [0, 0.05) is 26.2 Å². The van der Waals surface area contributed by atoms with Gasteiger partial charge in [-0.3, -0.25) is 4.79 Å². The van der Waals surface area contributed by atoms with Gasteiger partial charge in [-0.2, -0.15) is 0 Å². The van der Waals surface area contributed by atoms with Crippen molar-refractivity contribution in [2.24, 2.45) is 0 Å². The predicted octanol–water partition coefficient (Wildman–Crippen LogP) is 2.02. The number of likely N-dealkylation sites (N-methyl/N-ethyl adjacent to an activating group) is 1. The van der Waals surface area contributed by atoms with Crippen LogP contribution in [0.3, 0.4) is 0 Å². The second-order valence-electron chi connectivity index (χ2n) is 5.64. The van der Waals surface area contributed by atoms with Gasteiger partial charge in [0.05, 0.1) is 20.1 Å². The molecule has 1 saturated heterocycles. The van der Waals surface area contributed by atoms with E-state index in [1.807, 2.05) is 31.3 Å². The van der Waals surface area contributed by atoms with Crippen molar-refractivity contribution in [3.63, 3.8) is 0 Å². The maximum atomic E-state index is 12.1. The second-order valence-corrected chi connectivity index (χ2v) is 5.64. The molecule has 0 atom stereocenters. The molecule has 122 valence electrons. The minimum absolute atomic E-state index is 0.127. The average molecular weight is 306 g/mol. The zero-order valence-corrected chi connectivity index (χ0v) is 13.6. The van der Waals surface area contributed by atoms with E-state index < -0.39 is 0 Å². The Hall–Kier alpha value is -1.75. The lowest BCUT2D eigenvalue weighted by Crippen LogP contribution is -2.35. The fourth-order valence-electron chi connectivity index (χ4n) is 2.56. The molecule has 1 aliphatic rings. The first-order valence-electron chi connectivity index (χ1n) is 7.92. The second kappa shape index (κ2) is 8.63. The van der Waals surface area contributed by atoms with Gasteiger partial charge >= 0.3 is 0 Å². The van der Waals surface area contributed by atoms with Gasteiger partial charge in [-0.05, 0) is 38.1 Å². The standard InChI is InChI=1S/C17H26N2O3/c1-18(11-12-19-9-3-4-10-19)17(20)8-13-22-16-7-5-6-15(14-16)21-2/h5-7,14H,3-4,8-13H2,1-2H3. The van der Waals surface area contributed by atoms with Crippen LogP contribution >= 0.6 is 0 Å². The molecule has 0 saturated carbocycles. The van der Waals surface area contributed by atoms with Crippen LogP contribution in [0.5, 0.6) is 11.5 Å². The summed E-state index contributed by atoms with van der Waals surface area (Å²) in [5, 5.41) is 0. The van der Waals surface area contributed by atoms with E-state index in [1.54, 1.807) is 12.0 Å². The topological polar surface area (TPSA) is 42.0 Å². The molecule has 0 N–H and O–H groups in total. The van der Waals surface area contributed by atoms with Gasteiger partial charge in [-0.25, -0.2) is 0 Å². The molecule has 0 unspecified atom stereocenters. The first-order chi connectivity index (χ1) is 10.7. The summed E-state index contributed by atoms with van der Waals surface area (Å²) in [7, 11) is 3.49. The third-order valence-corrected chi connectivity index (χ3v) is 4.00. The highest BCUT2D eigenvalue weighted by molar-refractivity contribution is 5.75. The SMILES string of the molecule is COc1cccc(OCCC(=O)N(C)CCN2CCCC2)c1. The number of nitrogens with zero attached hydrogens (tertiary/aromatic N) is 2. The van der Waals surface area contributed by atoms with Crippen LogP contribution in [0.25, 0.3) is 0 Å². The number of hydrogen-bond acceptors (Lipinski definition) is 4. The van der Waals surface area contributed by atoms with Crippen molar-refractivity contribution < 1.29 is 14.3 Å². The lowest BCUT2D eigenvalue weighted by Gasteiger charge is -2.21. The van der Waals surface area contributed by atoms with E-state index >= 15 is 0 Å². The Balaban J connectivity index is 1.65. The molecule has 0 aliphatic carbocycles. The molecule has 1 fully saturated rings. The van der Waals surface area contributed by atoms with Crippen molar-refractivity contribution in [2.45, 2.75) is 19.3 Å². The normalized spacial score (nSPS) is 14.8. The molecule has 0 spiro atoms. The molecule has 5 heteroatoms. The third-order valence-electron chi connectivity index (χ3n) is 4.00. The fourth-order valence-corrected chi connectivity index (χ4v) is 2.56. The van der Waals surface area contributed by atoms with Crippen LogP contribution in [0.15, 0.2) is 24.3 Å². The first-order valence-corrected chi connectivity index (χ1v) is 7.92. The largest absolute Gasteiger partial charge is 0.497 e. The van der Waals surface area contributed by atoms with Crippen molar-refractivity contribution in [1.29, 1.82) is 0 Å². The van der Waals surface area contributed by atoms with Gasteiger partial charge < -0.3 is 19.3 Å². The Labute approximate surface area is 132 Å². The molecule has 5 nitrogen and oxygen atoms in total. The molecule has 1 aromatic carbocycles. The van der Waals surface area contributed by atoms with Gasteiger partial charge in [0.25, 0.3) is 0 Å². The number of carbonyl (C=O) groups is 1. The lowest BCUT2D eigenvalue weighted by atomic mass is 10.3. The van der Waals surface area contributed by atoms with Crippen molar-refractivity contribution in [3.8, 4) is 11.5 Å². The molecule has 1 amide bonds. The predicted molar refractivity (Wildman–Crippen MR) is 86.4 cm³/mol. The number of ether oxygens (including phenoxy) is 2. The van der Waals surface area contributed by atoms with Gasteiger partial charge in [-0.1, -0.05) is 6.07 Å². The van der Waals surface area contributed by atoms with E-state index in [4.69, 9.17) is 9.47 Å². The van der Waals surface area contributed by atoms with Crippen LogP contribution in [0.2, 0.25) is 0 Å². The summed E-state index contributed by atoms with van der Waals surface area (Å²) in [5.74, 6) is 1.61. The van der Waals surface area contributed by atoms with Crippen LogP contribution in [0.4, 0.5) is 0 Å². The number of methoxy groups -OCH3 is 1. The molecule has 2 rings (SSSR count). The van der Waals surface area contributed by atoms with E-state index in [1.165, 1.54) is 25.9 Å². The van der Waals surface area contributed by atoms with Crippen LogP contribution < -0.4 is 9.47 Å². The minimum atomic E-state index is 0.127. The van der Waals surface area contributed by atoms with Gasteiger partial charge in [0.1, 0.15) is 11.5 Å². The van der Waals surface area contributed by atoms with E-state index in [-0.39, 0.29) is 5.91 Å². The summed E-state index contributed by atoms with van der Waals surface area (Å²) in [4.78, 5) is 16.3. The number of amides is 1. The number of benzene rings is 1. The summed E-state index contributed by atoms with van der Waals surface area (Å²) >= 11 is 0. The summed E-state index contributed by atoms with van der Waals surface area (Å²) < 4.78 is 10.8. The van der Waals surface area contributed by atoms with Gasteiger partial charge in [0.2, 0.25) is 5.91 Å². The van der Waals surface area contributed by atoms with Crippen LogP contribution in [0, 0.1) is 0 Å². The molecule has 1 heterocycles. The summed E-state index contributed by atoms with van der Waals surface area (Å²) in [6.45, 7) is 4.49. The van der Waals surface area contributed by atoms with Gasteiger partial charge in [-0.15, -0.1) is 0 Å². The Kier molecular flexibility index (Phi) is 6.52. The quantitative estimate of drug-likeness (QED) is 0.737. The minimum Gasteiger partial charge on any atom is -0.497 e. The first kappa shape index (κ1) is 16.6. The molecular weight excluding hydrogens is 280 g/mol. The molecule has 22 heavy (non-hydrogen) atoms. The van der Waals surface area contributed by atoms with E-state index in [0.717, 1.165) is 24.6 Å². The Morgan fingerprint density at radius 1 is 1.27 bits per heavy atom.